The van der Waals surface area contributed by atoms with E-state index in [2.05, 4.69) is 15.0 Å². The number of aromatic nitrogens is 1. The molecule has 0 spiro atoms. The SMILES string of the molecule is NC(=O)c1ccc(-c2cc(F)cc(F)c2)nc1-c1ccc(OC(F)(F)F)c(NC(=O)C2(N3CCOCC3)CC2)c1. The molecule has 40 heavy (non-hydrogen) atoms. The molecule has 8 nitrogen and oxygen atoms in total. The minimum absolute atomic E-state index is 0.0570. The Morgan fingerprint density at radius 1 is 0.975 bits per heavy atom. The fourth-order valence-electron chi connectivity index (χ4n) is 4.76. The average Bonchev–Trinajstić information content (AvgIpc) is 3.71. The lowest BCUT2D eigenvalue weighted by molar-refractivity contribution is -0.274. The normalized spacial score (nSPS) is 16.8. The van der Waals surface area contributed by atoms with Gasteiger partial charge >= 0.3 is 6.36 Å². The lowest BCUT2D eigenvalue weighted by atomic mass is 10.0. The molecule has 3 aromatic rings. The van der Waals surface area contributed by atoms with Gasteiger partial charge in [-0.05, 0) is 55.3 Å². The maximum atomic E-state index is 13.8. The summed E-state index contributed by atoms with van der Waals surface area (Å²) in [5.74, 6) is -3.79. The number of pyridine rings is 1. The van der Waals surface area contributed by atoms with Crippen LogP contribution in [0.25, 0.3) is 22.5 Å². The van der Waals surface area contributed by atoms with E-state index < -0.39 is 41.1 Å². The van der Waals surface area contributed by atoms with E-state index in [1.54, 1.807) is 0 Å². The number of anilines is 1. The first-order valence-corrected chi connectivity index (χ1v) is 12.3. The third kappa shape index (κ3) is 5.75. The molecular weight excluding hydrogens is 539 g/mol. The molecule has 2 fully saturated rings. The molecule has 5 rings (SSSR count). The number of ether oxygens (including phenoxy) is 2. The Morgan fingerprint density at radius 3 is 2.25 bits per heavy atom. The maximum Gasteiger partial charge on any atom is 0.573 e. The van der Waals surface area contributed by atoms with Gasteiger partial charge in [0, 0.05) is 30.3 Å². The highest BCUT2D eigenvalue weighted by Gasteiger charge is 2.54. The van der Waals surface area contributed by atoms with E-state index in [1.165, 1.54) is 24.3 Å². The molecule has 0 radical (unpaired) electrons. The largest absolute Gasteiger partial charge is 0.573 e. The molecule has 1 aromatic heterocycles. The number of nitrogens with zero attached hydrogens (tertiary/aromatic N) is 2. The van der Waals surface area contributed by atoms with Crippen LogP contribution < -0.4 is 15.8 Å². The predicted molar refractivity (Wildman–Crippen MR) is 133 cm³/mol. The van der Waals surface area contributed by atoms with Crippen LogP contribution in [0.4, 0.5) is 27.6 Å². The number of benzene rings is 2. The predicted octanol–water partition coefficient (Wildman–Crippen LogP) is 4.49. The zero-order valence-corrected chi connectivity index (χ0v) is 20.9. The zero-order chi connectivity index (χ0) is 28.7. The summed E-state index contributed by atoms with van der Waals surface area (Å²) in [6.07, 6.45) is -4.01. The molecule has 1 aliphatic heterocycles. The van der Waals surface area contributed by atoms with E-state index >= 15 is 0 Å². The summed E-state index contributed by atoms with van der Waals surface area (Å²) in [5, 5.41) is 2.56. The van der Waals surface area contributed by atoms with E-state index in [0.29, 0.717) is 45.2 Å². The average molecular weight is 562 g/mol. The number of morpholine rings is 1. The van der Waals surface area contributed by atoms with Crippen LogP contribution in [0, 0.1) is 11.6 Å². The Bertz CT molecular complexity index is 1450. The van der Waals surface area contributed by atoms with Crippen molar-refractivity contribution in [1.82, 2.24) is 9.88 Å². The van der Waals surface area contributed by atoms with Crippen LogP contribution in [-0.2, 0) is 9.53 Å². The van der Waals surface area contributed by atoms with Crippen LogP contribution in [0.1, 0.15) is 23.2 Å². The van der Waals surface area contributed by atoms with Gasteiger partial charge in [-0.2, -0.15) is 0 Å². The fraction of sp³-hybridized carbons (Fsp3) is 0.296. The molecule has 210 valence electrons. The number of hydrogen-bond donors (Lipinski definition) is 2. The van der Waals surface area contributed by atoms with Crippen LogP contribution >= 0.6 is 0 Å². The standard InChI is InChI=1S/C27H23F5N4O4/c28-17-11-16(12-18(29)14-17)20-3-2-19(24(33)37)23(34-20)15-1-4-22(40-27(30,31)32)21(13-15)35-25(38)26(5-6-26)36-7-9-39-10-8-36/h1-4,11-14H,5-10H2,(H2,33,37)(H,35,38). The Labute approximate surface area is 224 Å². The third-order valence-electron chi connectivity index (χ3n) is 6.81. The zero-order valence-electron chi connectivity index (χ0n) is 20.9. The quantitative estimate of drug-likeness (QED) is 0.411. The summed E-state index contributed by atoms with van der Waals surface area (Å²) in [6.45, 7) is 1.86. The van der Waals surface area contributed by atoms with Crippen LogP contribution in [0.3, 0.4) is 0 Å². The van der Waals surface area contributed by atoms with Crippen molar-refractivity contribution >= 4 is 17.5 Å². The van der Waals surface area contributed by atoms with Gasteiger partial charge in [-0.1, -0.05) is 0 Å². The van der Waals surface area contributed by atoms with Crippen molar-refractivity contribution in [1.29, 1.82) is 0 Å². The van der Waals surface area contributed by atoms with Gasteiger partial charge in [0.05, 0.1) is 35.9 Å². The molecule has 2 heterocycles. The number of halogens is 5. The Morgan fingerprint density at radius 2 is 1.65 bits per heavy atom. The lowest BCUT2D eigenvalue weighted by Crippen LogP contribution is -2.51. The number of carbonyl (C=O) groups excluding carboxylic acids is 2. The Kier molecular flexibility index (Phi) is 7.19. The van der Waals surface area contributed by atoms with Gasteiger partial charge in [0.25, 0.3) is 5.91 Å². The van der Waals surface area contributed by atoms with Crippen LogP contribution in [-0.4, -0.2) is 59.9 Å². The van der Waals surface area contributed by atoms with Gasteiger partial charge in [0.15, 0.2) is 5.75 Å². The molecule has 1 saturated carbocycles. The lowest BCUT2D eigenvalue weighted by Gasteiger charge is -2.34. The molecular formula is C27H23F5N4O4. The van der Waals surface area contributed by atoms with Gasteiger partial charge in [-0.25, -0.2) is 13.8 Å². The highest BCUT2D eigenvalue weighted by molar-refractivity contribution is 6.03. The first-order valence-electron chi connectivity index (χ1n) is 12.3. The van der Waals surface area contributed by atoms with Crippen LogP contribution in [0.5, 0.6) is 5.75 Å². The number of alkyl halides is 3. The van der Waals surface area contributed by atoms with Crippen LogP contribution in [0.2, 0.25) is 0 Å². The summed E-state index contributed by atoms with van der Waals surface area (Å²) in [6, 6.07) is 8.74. The first kappa shape index (κ1) is 27.5. The van der Waals surface area contributed by atoms with Crippen molar-refractivity contribution in [2.45, 2.75) is 24.7 Å². The molecule has 1 aliphatic carbocycles. The van der Waals surface area contributed by atoms with Crippen molar-refractivity contribution in [3.8, 4) is 28.3 Å². The van der Waals surface area contributed by atoms with E-state index in [0.717, 1.165) is 18.2 Å². The van der Waals surface area contributed by atoms with Crippen molar-refractivity contribution in [2.75, 3.05) is 31.6 Å². The maximum absolute atomic E-state index is 13.8. The molecule has 2 aliphatic rings. The Balaban J connectivity index is 1.56. The highest BCUT2D eigenvalue weighted by atomic mass is 19.4. The number of primary amides is 1. The molecule has 0 unspecified atom stereocenters. The topological polar surface area (TPSA) is 107 Å². The number of nitrogens with one attached hydrogen (secondary N) is 1. The van der Waals surface area contributed by atoms with Crippen LogP contribution in [0.15, 0.2) is 48.5 Å². The van der Waals surface area contributed by atoms with E-state index in [9.17, 15) is 31.5 Å². The highest BCUT2D eigenvalue weighted by Crippen LogP contribution is 2.44. The minimum atomic E-state index is -5.06. The summed E-state index contributed by atoms with van der Waals surface area (Å²) in [4.78, 5) is 31.8. The fourth-order valence-corrected chi connectivity index (χ4v) is 4.76. The summed E-state index contributed by atoms with van der Waals surface area (Å²) >= 11 is 0. The molecule has 2 amide bonds. The monoisotopic (exact) mass is 562 g/mol. The van der Waals surface area contributed by atoms with E-state index in [-0.39, 0.29) is 33.8 Å². The van der Waals surface area contributed by atoms with Crippen molar-refractivity contribution in [3.63, 3.8) is 0 Å². The molecule has 0 atom stereocenters. The van der Waals surface area contributed by atoms with Gasteiger partial charge in [0.2, 0.25) is 5.91 Å². The van der Waals surface area contributed by atoms with Crippen molar-refractivity contribution in [2.24, 2.45) is 5.73 Å². The number of amides is 2. The Hall–Kier alpha value is -4.10. The minimum Gasteiger partial charge on any atom is -0.404 e. The van der Waals surface area contributed by atoms with E-state index in [1.807, 2.05) is 4.90 Å². The second kappa shape index (κ2) is 10.5. The number of nitrogens with two attached hydrogens (primary N) is 1. The molecule has 3 N–H and O–H groups in total. The number of rotatable bonds is 7. The molecule has 1 saturated heterocycles. The first-order chi connectivity index (χ1) is 18.9. The van der Waals surface area contributed by atoms with Crippen molar-refractivity contribution in [3.05, 3.63) is 65.7 Å². The smallest absolute Gasteiger partial charge is 0.404 e. The summed E-state index contributed by atoms with van der Waals surface area (Å²) < 4.78 is 76.8. The summed E-state index contributed by atoms with van der Waals surface area (Å²) in [7, 11) is 0. The molecule has 13 heteroatoms. The van der Waals surface area contributed by atoms with Crippen molar-refractivity contribution < 1.29 is 41.0 Å². The second-order valence-electron chi connectivity index (χ2n) is 9.46. The van der Waals surface area contributed by atoms with Gasteiger partial charge in [-0.3, -0.25) is 14.5 Å². The number of hydrogen-bond acceptors (Lipinski definition) is 6. The van der Waals surface area contributed by atoms with E-state index in [4.69, 9.17) is 10.5 Å². The molecule has 0 bridgehead atoms. The van der Waals surface area contributed by atoms with Gasteiger partial charge in [0.1, 0.15) is 17.2 Å². The second-order valence-corrected chi connectivity index (χ2v) is 9.46. The van der Waals surface area contributed by atoms with Gasteiger partial charge < -0.3 is 20.5 Å². The molecule has 2 aromatic carbocycles. The van der Waals surface area contributed by atoms with Gasteiger partial charge in [-0.15, -0.1) is 13.2 Å². The summed E-state index contributed by atoms with van der Waals surface area (Å²) in [5.41, 5.74) is 4.38. The number of carbonyl (C=O) groups is 2. The third-order valence-corrected chi connectivity index (χ3v) is 6.81.